The first-order valence-corrected chi connectivity index (χ1v) is 8.26. The monoisotopic (exact) mass is 359 g/mol. The highest BCUT2D eigenvalue weighted by atomic mass is 16.6. The van der Waals surface area contributed by atoms with Crippen molar-refractivity contribution < 1.29 is 9.72 Å². The molecule has 0 aliphatic carbocycles. The van der Waals surface area contributed by atoms with Crippen molar-refractivity contribution >= 4 is 34.7 Å². The summed E-state index contributed by atoms with van der Waals surface area (Å²) in [5.41, 5.74) is 3.11. The van der Waals surface area contributed by atoms with Gasteiger partial charge in [0.25, 0.3) is 5.69 Å². The van der Waals surface area contributed by atoms with Gasteiger partial charge in [0.15, 0.2) is 0 Å². The predicted octanol–water partition coefficient (Wildman–Crippen LogP) is 4.99. The Morgan fingerprint density at radius 2 is 1.52 bits per heavy atom. The van der Waals surface area contributed by atoms with E-state index in [0.29, 0.717) is 11.3 Å². The molecule has 0 saturated carbocycles. The average Bonchev–Trinajstić information content (AvgIpc) is 2.69. The van der Waals surface area contributed by atoms with E-state index < -0.39 is 4.92 Å². The van der Waals surface area contributed by atoms with Crippen molar-refractivity contribution in [2.24, 2.45) is 0 Å². The number of hydrogen-bond donors (Lipinski definition) is 2. The summed E-state index contributed by atoms with van der Waals surface area (Å²) in [7, 11) is 0. The van der Waals surface area contributed by atoms with Gasteiger partial charge < -0.3 is 10.6 Å². The lowest BCUT2D eigenvalue weighted by atomic mass is 10.2. The van der Waals surface area contributed by atoms with Gasteiger partial charge in [-0.3, -0.25) is 14.9 Å². The average molecular weight is 359 g/mol. The fraction of sp³-hybridized carbons (Fsp3) is 0. The van der Waals surface area contributed by atoms with Crippen LogP contribution in [-0.2, 0) is 4.79 Å². The summed E-state index contributed by atoms with van der Waals surface area (Å²) in [5.74, 6) is -0.315. The largest absolute Gasteiger partial charge is 0.356 e. The number of carbonyl (C=O) groups is 1. The van der Waals surface area contributed by atoms with E-state index in [2.05, 4.69) is 10.6 Å². The van der Waals surface area contributed by atoms with E-state index in [1.165, 1.54) is 24.3 Å². The Bertz CT molecular complexity index is 967. The number of para-hydroxylation sites is 1. The van der Waals surface area contributed by atoms with E-state index in [1.54, 1.807) is 24.3 Å². The number of benzene rings is 3. The second kappa shape index (κ2) is 8.44. The molecule has 0 saturated heterocycles. The molecular weight excluding hydrogens is 342 g/mol. The van der Waals surface area contributed by atoms with Crippen LogP contribution in [0.4, 0.5) is 22.7 Å². The van der Waals surface area contributed by atoms with Gasteiger partial charge in [-0.05, 0) is 48.0 Å². The number of carbonyl (C=O) groups excluding carboxylic acids is 1. The number of hydrogen-bond acceptors (Lipinski definition) is 4. The Balaban J connectivity index is 1.59. The number of non-ortho nitro benzene ring substituents is 1. The van der Waals surface area contributed by atoms with Gasteiger partial charge in [-0.2, -0.15) is 0 Å². The van der Waals surface area contributed by atoms with Crippen LogP contribution >= 0.6 is 0 Å². The van der Waals surface area contributed by atoms with Crippen LogP contribution in [0.25, 0.3) is 6.08 Å². The van der Waals surface area contributed by atoms with Crippen LogP contribution in [0.1, 0.15) is 5.56 Å². The van der Waals surface area contributed by atoms with Gasteiger partial charge in [-0.1, -0.05) is 30.3 Å². The van der Waals surface area contributed by atoms with Gasteiger partial charge in [0.1, 0.15) is 0 Å². The summed E-state index contributed by atoms with van der Waals surface area (Å²) >= 11 is 0. The van der Waals surface area contributed by atoms with E-state index >= 15 is 0 Å². The van der Waals surface area contributed by atoms with Crippen molar-refractivity contribution in [2.45, 2.75) is 0 Å². The molecule has 2 N–H and O–H groups in total. The van der Waals surface area contributed by atoms with Crippen LogP contribution in [0.5, 0.6) is 0 Å². The Morgan fingerprint density at radius 1 is 0.852 bits per heavy atom. The minimum Gasteiger partial charge on any atom is -0.356 e. The lowest BCUT2D eigenvalue weighted by Gasteiger charge is -2.07. The predicted molar refractivity (Wildman–Crippen MR) is 107 cm³/mol. The number of nitrogens with one attached hydrogen (secondary N) is 2. The van der Waals surface area contributed by atoms with Crippen molar-refractivity contribution in [1.29, 1.82) is 0 Å². The Morgan fingerprint density at radius 3 is 2.22 bits per heavy atom. The zero-order chi connectivity index (χ0) is 19.1. The van der Waals surface area contributed by atoms with E-state index in [9.17, 15) is 14.9 Å². The second-order valence-electron chi connectivity index (χ2n) is 5.74. The lowest BCUT2D eigenvalue weighted by molar-refractivity contribution is -0.384. The zero-order valence-electron chi connectivity index (χ0n) is 14.3. The lowest BCUT2D eigenvalue weighted by Crippen LogP contribution is -2.07. The first-order chi connectivity index (χ1) is 13.1. The fourth-order valence-electron chi connectivity index (χ4n) is 2.42. The molecule has 0 aromatic heterocycles. The van der Waals surface area contributed by atoms with E-state index in [-0.39, 0.29) is 11.6 Å². The molecule has 0 aliphatic heterocycles. The van der Waals surface area contributed by atoms with E-state index in [4.69, 9.17) is 0 Å². The summed E-state index contributed by atoms with van der Waals surface area (Å²) in [6.45, 7) is 0. The first kappa shape index (κ1) is 17.9. The number of nitrogens with zero attached hydrogens (tertiary/aromatic N) is 1. The van der Waals surface area contributed by atoms with Gasteiger partial charge in [-0.25, -0.2) is 0 Å². The highest BCUT2D eigenvalue weighted by molar-refractivity contribution is 6.02. The molecule has 3 rings (SSSR count). The fourth-order valence-corrected chi connectivity index (χ4v) is 2.42. The highest BCUT2D eigenvalue weighted by Gasteiger charge is 2.04. The SMILES string of the molecule is O=C(C=Cc1cccc([N+](=O)[O-])c1)Nc1ccc(Nc2ccccc2)cc1. The van der Waals surface area contributed by atoms with Crippen LogP contribution < -0.4 is 10.6 Å². The summed E-state index contributed by atoms with van der Waals surface area (Å²) in [6.07, 6.45) is 2.88. The van der Waals surface area contributed by atoms with Crippen LogP contribution in [0, 0.1) is 10.1 Å². The molecule has 3 aromatic rings. The van der Waals surface area contributed by atoms with Crippen LogP contribution in [-0.4, -0.2) is 10.8 Å². The Kier molecular flexibility index (Phi) is 5.59. The molecule has 134 valence electrons. The maximum Gasteiger partial charge on any atom is 0.270 e. The van der Waals surface area contributed by atoms with E-state index in [1.807, 2.05) is 42.5 Å². The number of rotatable bonds is 6. The van der Waals surface area contributed by atoms with Gasteiger partial charge in [0, 0.05) is 35.3 Å². The third-order valence-electron chi connectivity index (χ3n) is 3.72. The molecule has 0 fully saturated rings. The minimum atomic E-state index is -0.470. The molecule has 6 heteroatoms. The van der Waals surface area contributed by atoms with Gasteiger partial charge >= 0.3 is 0 Å². The van der Waals surface area contributed by atoms with Gasteiger partial charge in [0.05, 0.1) is 4.92 Å². The number of anilines is 3. The summed E-state index contributed by atoms with van der Waals surface area (Å²) in [5, 5.41) is 16.8. The second-order valence-corrected chi connectivity index (χ2v) is 5.74. The molecule has 0 unspecified atom stereocenters. The van der Waals surface area contributed by atoms with Crippen molar-refractivity contribution in [3.8, 4) is 0 Å². The molecule has 0 radical (unpaired) electrons. The third kappa shape index (κ3) is 5.27. The summed E-state index contributed by atoms with van der Waals surface area (Å²) < 4.78 is 0. The summed E-state index contributed by atoms with van der Waals surface area (Å²) in [4.78, 5) is 22.3. The van der Waals surface area contributed by atoms with Crippen molar-refractivity contribution in [2.75, 3.05) is 10.6 Å². The van der Waals surface area contributed by atoms with Crippen molar-refractivity contribution in [3.05, 3.63) is 101 Å². The molecule has 27 heavy (non-hydrogen) atoms. The van der Waals surface area contributed by atoms with Crippen molar-refractivity contribution in [3.63, 3.8) is 0 Å². The maximum absolute atomic E-state index is 12.0. The van der Waals surface area contributed by atoms with Crippen LogP contribution in [0.2, 0.25) is 0 Å². The molecular formula is C21H17N3O3. The van der Waals surface area contributed by atoms with Crippen LogP contribution in [0.15, 0.2) is 84.9 Å². The first-order valence-electron chi connectivity index (χ1n) is 8.26. The van der Waals surface area contributed by atoms with E-state index in [0.717, 1.165) is 11.4 Å². The molecule has 0 bridgehead atoms. The quantitative estimate of drug-likeness (QED) is 0.369. The molecule has 0 heterocycles. The smallest absolute Gasteiger partial charge is 0.270 e. The molecule has 0 aliphatic rings. The molecule has 6 nitrogen and oxygen atoms in total. The number of amides is 1. The molecule has 0 spiro atoms. The highest BCUT2D eigenvalue weighted by Crippen LogP contribution is 2.19. The Labute approximate surface area is 156 Å². The normalized spacial score (nSPS) is 10.5. The molecule has 0 atom stereocenters. The number of nitro benzene ring substituents is 1. The molecule has 3 aromatic carbocycles. The summed E-state index contributed by atoms with van der Waals surface area (Å²) in [6, 6.07) is 23.2. The van der Waals surface area contributed by atoms with Gasteiger partial charge in [0.2, 0.25) is 5.91 Å². The zero-order valence-corrected chi connectivity index (χ0v) is 14.3. The third-order valence-corrected chi connectivity index (χ3v) is 3.72. The van der Waals surface area contributed by atoms with Crippen LogP contribution in [0.3, 0.4) is 0 Å². The van der Waals surface area contributed by atoms with Gasteiger partial charge in [-0.15, -0.1) is 0 Å². The van der Waals surface area contributed by atoms with Crippen molar-refractivity contribution in [1.82, 2.24) is 0 Å². The topological polar surface area (TPSA) is 84.3 Å². The Hall–Kier alpha value is -3.93. The minimum absolute atomic E-state index is 0.0148. The standard InChI is InChI=1S/C21H17N3O3/c25-21(14-9-16-5-4-8-20(15-16)24(26)27)23-19-12-10-18(11-13-19)22-17-6-2-1-3-7-17/h1-15,22H,(H,23,25). The maximum atomic E-state index is 12.0. The molecule has 1 amide bonds. The number of nitro groups is 1.